The summed E-state index contributed by atoms with van der Waals surface area (Å²) in [5.74, 6) is -0.291. The summed E-state index contributed by atoms with van der Waals surface area (Å²) in [5.41, 5.74) is 1.33. The van der Waals surface area contributed by atoms with E-state index in [-0.39, 0.29) is 18.2 Å². The molecule has 29 heavy (non-hydrogen) atoms. The zero-order chi connectivity index (χ0) is 20.4. The number of benzene rings is 1. The summed E-state index contributed by atoms with van der Waals surface area (Å²) in [5, 5.41) is 6.57. The van der Waals surface area contributed by atoms with Gasteiger partial charge in [0.15, 0.2) is 6.10 Å². The van der Waals surface area contributed by atoms with Gasteiger partial charge < -0.3 is 14.6 Å². The highest BCUT2D eigenvalue weighted by molar-refractivity contribution is 8.01. The van der Waals surface area contributed by atoms with Gasteiger partial charge in [0.25, 0.3) is 5.89 Å². The van der Waals surface area contributed by atoms with Crippen LogP contribution >= 0.6 is 23.4 Å². The fraction of sp³-hybridized carbons (Fsp3) is 0.211. The molecule has 3 heterocycles. The van der Waals surface area contributed by atoms with Crippen LogP contribution in [0.15, 0.2) is 52.1 Å². The van der Waals surface area contributed by atoms with Crippen LogP contribution < -0.4 is 5.32 Å². The molecule has 0 fully saturated rings. The number of carbonyl (C=O) groups excluding carboxylic acids is 2. The Hall–Kier alpha value is -2.91. The second kappa shape index (κ2) is 8.22. The molecule has 1 amide bonds. The van der Waals surface area contributed by atoms with Gasteiger partial charge in [-0.1, -0.05) is 16.8 Å². The number of thioether (sulfide) groups is 1. The maximum absolute atomic E-state index is 12.3. The third-order valence-electron chi connectivity index (χ3n) is 4.13. The Bertz CT molecular complexity index is 1060. The Morgan fingerprint density at radius 3 is 3.07 bits per heavy atom. The summed E-state index contributed by atoms with van der Waals surface area (Å²) in [6.07, 6.45) is 2.41. The molecular weight excluding hydrogens is 416 g/mol. The van der Waals surface area contributed by atoms with E-state index in [1.165, 1.54) is 11.8 Å². The van der Waals surface area contributed by atoms with Gasteiger partial charge in [0.1, 0.15) is 0 Å². The molecule has 0 unspecified atom stereocenters. The third kappa shape index (κ3) is 4.41. The molecule has 1 N–H and O–H groups in total. The molecule has 1 aliphatic rings. The van der Waals surface area contributed by atoms with Crippen molar-refractivity contribution in [3.63, 3.8) is 0 Å². The lowest BCUT2D eigenvalue weighted by Crippen LogP contribution is -2.31. The van der Waals surface area contributed by atoms with Gasteiger partial charge in [0.05, 0.1) is 17.4 Å². The van der Waals surface area contributed by atoms with Gasteiger partial charge in [-0.05, 0) is 37.3 Å². The number of fused-ring (bicyclic) bond motifs is 1. The lowest BCUT2D eigenvalue weighted by molar-refractivity contribution is -0.150. The van der Waals surface area contributed by atoms with Crippen LogP contribution in [0.1, 0.15) is 25.3 Å². The van der Waals surface area contributed by atoms with E-state index in [0.29, 0.717) is 22.1 Å². The Labute approximate surface area is 175 Å². The summed E-state index contributed by atoms with van der Waals surface area (Å²) in [4.78, 5) is 33.7. The molecule has 10 heteroatoms. The molecule has 1 aliphatic heterocycles. The summed E-state index contributed by atoms with van der Waals surface area (Å²) in [6, 6.07) is 8.77. The van der Waals surface area contributed by atoms with Crippen molar-refractivity contribution in [3.8, 4) is 11.4 Å². The van der Waals surface area contributed by atoms with Crippen LogP contribution in [0, 0.1) is 0 Å². The zero-order valence-corrected chi connectivity index (χ0v) is 16.7. The first-order chi connectivity index (χ1) is 14.0. The highest BCUT2D eigenvalue weighted by Crippen LogP contribution is 2.38. The van der Waals surface area contributed by atoms with Crippen LogP contribution in [0.2, 0.25) is 5.02 Å². The molecule has 3 aromatic rings. The molecule has 0 saturated carbocycles. The Kier molecular flexibility index (Phi) is 5.50. The van der Waals surface area contributed by atoms with Crippen LogP contribution in [-0.4, -0.2) is 32.3 Å². The number of carbonyl (C=O) groups is 2. The van der Waals surface area contributed by atoms with Crippen molar-refractivity contribution in [1.82, 2.24) is 15.1 Å². The van der Waals surface area contributed by atoms with Crippen molar-refractivity contribution in [3.05, 3.63) is 53.6 Å². The largest absolute Gasteiger partial charge is 0.452 e. The number of nitrogens with one attached hydrogen (secondary N) is 1. The number of halogens is 1. The van der Waals surface area contributed by atoms with Gasteiger partial charge in [-0.25, -0.2) is 0 Å². The summed E-state index contributed by atoms with van der Waals surface area (Å²) >= 11 is 7.24. The molecule has 2 aromatic heterocycles. The number of ether oxygens (including phenoxy) is 1. The normalized spacial score (nSPS) is 16.6. The van der Waals surface area contributed by atoms with Crippen molar-refractivity contribution in [2.24, 2.45) is 0 Å². The first-order valence-corrected chi connectivity index (χ1v) is 9.96. The van der Waals surface area contributed by atoms with Crippen LogP contribution in [0.3, 0.4) is 0 Å². The molecule has 0 saturated heterocycles. The Morgan fingerprint density at radius 1 is 1.41 bits per heavy atom. The molecule has 148 valence electrons. The first kappa shape index (κ1) is 19.4. The van der Waals surface area contributed by atoms with Gasteiger partial charge in [0.2, 0.25) is 11.7 Å². The quantitative estimate of drug-likeness (QED) is 0.607. The van der Waals surface area contributed by atoms with E-state index in [2.05, 4.69) is 20.4 Å². The fourth-order valence-corrected chi connectivity index (χ4v) is 3.96. The minimum atomic E-state index is -0.747. The number of aromatic nitrogens is 3. The average molecular weight is 431 g/mol. The predicted molar refractivity (Wildman–Crippen MR) is 106 cm³/mol. The first-order valence-electron chi connectivity index (χ1n) is 8.70. The van der Waals surface area contributed by atoms with E-state index < -0.39 is 17.3 Å². The van der Waals surface area contributed by atoms with Gasteiger partial charge in [-0.15, -0.1) is 11.8 Å². The predicted octanol–water partition coefficient (Wildman–Crippen LogP) is 3.89. The number of rotatable bonds is 5. The fourth-order valence-electron chi connectivity index (χ4n) is 2.72. The Morgan fingerprint density at radius 2 is 2.28 bits per heavy atom. The monoisotopic (exact) mass is 430 g/mol. The van der Waals surface area contributed by atoms with Crippen molar-refractivity contribution in [2.75, 3.05) is 5.32 Å². The SMILES string of the molecule is C[C@H](OC(=O)C[C@H]1Sc2ccc(Cl)cc2NC1=O)c1nc(-c2cccnc2)no1. The van der Waals surface area contributed by atoms with Gasteiger partial charge in [-0.3, -0.25) is 14.6 Å². The number of amides is 1. The van der Waals surface area contributed by atoms with Crippen LogP contribution in [0.4, 0.5) is 5.69 Å². The summed E-state index contributed by atoms with van der Waals surface area (Å²) in [6.45, 7) is 1.63. The molecule has 1 aromatic carbocycles. The second-order valence-electron chi connectivity index (χ2n) is 6.27. The summed E-state index contributed by atoms with van der Waals surface area (Å²) < 4.78 is 10.6. The lowest BCUT2D eigenvalue weighted by atomic mass is 10.2. The van der Waals surface area contributed by atoms with Crippen molar-refractivity contribution < 1.29 is 18.8 Å². The molecular formula is C19H15ClN4O4S. The minimum Gasteiger partial charge on any atom is -0.452 e. The number of esters is 1. The number of pyridine rings is 1. The van der Waals surface area contributed by atoms with E-state index in [1.54, 1.807) is 49.6 Å². The lowest BCUT2D eigenvalue weighted by Gasteiger charge is -2.23. The zero-order valence-electron chi connectivity index (χ0n) is 15.2. The maximum atomic E-state index is 12.3. The Balaban J connectivity index is 1.38. The van der Waals surface area contributed by atoms with Gasteiger partial charge in [-0.2, -0.15) is 4.98 Å². The molecule has 8 nitrogen and oxygen atoms in total. The van der Waals surface area contributed by atoms with Crippen molar-refractivity contribution >= 4 is 40.9 Å². The number of hydrogen-bond donors (Lipinski definition) is 1. The molecule has 0 spiro atoms. The molecule has 0 bridgehead atoms. The van der Waals surface area contributed by atoms with Crippen LogP contribution in [0.25, 0.3) is 11.4 Å². The highest BCUT2D eigenvalue weighted by atomic mass is 35.5. The molecule has 0 radical (unpaired) electrons. The van der Waals surface area contributed by atoms with E-state index in [4.69, 9.17) is 20.9 Å². The van der Waals surface area contributed by atoms with E-state index in [1.807, 2.05) is 0 Å². The van der Waals surface area contributed by atoms with Gasteiger partial charge in [0, 0.05) is 27.9 Å². The minimum absolute atomic E-state index is 0.0908. The van der Waals surface area contributed by atoms with Crippen molar-refractivity contribution in [2.45, 2.75) is 29.6 Å². The number of nitrogens with zero attached hydrogens (tertiary/aromatic N) is 3. The molecule has 4 rings (SSSR count). The smallest absolute Gasteiger partial charge is 0.308 e. The highest BCUT2D eigenvalue weighted by Gasteiger charge is 2.31. The van der Waals surface area contributed by atoms with Gasteiger partial charge >= 0.3 is 5.97 Å². The third-order valence-corrected chi connectivity index (χ3v) is 5.64. The van der Waals surface area contributed by atoms with Crippen LogP contribution in [0.5, 0.6) is 0 Å². The summed E-state index contributed by atoms with van der Waals surface area (Å²) in [7, 11) is 0. The molecule has 2 atom stereocenters. The van der Waals surface area contributed by atoms with E-state index in [0.717, 1.165) is 4.90 Å². The number of anilines is 1. The van der Waals surface area contributed by atoms with E-state index in [9.17, 15) is 9.59 Å². The van der Waals surface area contributed by atoms with E-state index >= 15 is 0 Å². The standard InChI is InChI=1S/C19H15ClN4O4S/c1-10(19-23-17(24-28-19)11-3-2-6-21-9-11)27-16(25)8-15-18(26)22-13-7-12(20)4-5-14(13)29-15/h2-7,9-10,15H,8H2,1H3,(H,22,26)/t10-,15+/m0/s1. The molecule has 0 aliphatic carbocycles. The topological polar surface area (TPSA) is 107 Å². The average Bonchev–Trinajstić information content (AvgIpc) is 3.20. The number of hydrogen-bond acceptors (Lipinski definition) is 8. The second-order valence-corrected chi connectivity index (χ2v) is 7.95. The van der Waals surface area contributed by atoms with Crippen LogP contribution in [-0.2, 0) is 14.3 Å². The maximum Gasteiger partial charge on any atom is 0.308 e. The van der Waals surface area contributed by atoms with Crippen molar-refractivity contribution in [1.29, 1.82) is 0 Å².